The lowest BCUT2D eigenvalue weighted by Crippen LogP contribution is -2.46. The molecule has 0 aromatic carbocycles. The molecule has 0 spiro atoms. The molecule has 19 heavy (non-hydrogen) atoms. The van der Waals surface area contributed by atoms with Gasteiger partial charge in [0.2, 0.25) is 0 Å². The Morgan fingerprint density at radius 3 is 2.26 bits per heavy atom. The van der Waals surface area contributed by atoms with E-state index in [-0.39, 0.29) is 12.1 Å². The molecule has 0 amide bonds. The summed E-state index contributed by atoms with van der Waals surface area (Å²) in [6.07, 6.45) is 9.55. The fourth-order valence-electron chi connectivity index (χ4n) is 2.12. The summed E-state index contributed by atoms with van der Waals surface area (Å²) in [5.41, 5.74) is -0.138. The summed E-state index contributed by atoms with van der Waals surface area (Å²) in [6.45, 7) is 9.35. The highest BCUT2D eigenvalue weighted by molar-refractivity contribution is 4.81. The molecule has 116 valence electrons. The molecule has 0 bridgehead atoms. The molecule has 3 nitrogen and oxygen atoms in total. The maximum absolute atomic E-state index is 9.43. The van der Waals surface area contributed by atoms with Crippen LogP contribution in [0.4, 0.5) is 0 Å². The zero-order chi connectivity index (χ0) is 14.4. The zero-order valence-corrected chi connectivity index (χ0v) is 13.3. The Morgan fingerprint density at radius 1 is 0.947 bits per heavy atom. The van der Waals surface area contributed by atoms with Gasteiger partial charge in [-0.3, -0.25) is 0 Å². The third kappa shape index (κ3) is 11.4. The lowest BCUT2D eigenvalue weighted by atomic mass is 9.97. The SMILES string of the molecule is CCCCCCCOCCCC(C)(CO)NCCC. The summed E-state index contributed by atoms with van der Waals surface area (Å²) >= 11 is 0. The number of hydrogen-bond acceptors (Lipinski definition) is 3. The first-order valence-corrected chi connectivity index (χ1v) is 8.12. The first kappa shape index (κ1) is 18.9. The van der Waals surface area contributed by atoms with Crippen molar-refractivity contribution >= 4 is 0 Å². The van der Waals surface area contributed by atoms with Crippen LogP contribution in [-0.4, -0.2) is 37.0 Å². The quantitative estimate of drug-likeness (QED) is 0.476. The summed E-state index contributed by atoms with van der Waals surface area (Å²) < 4.78 is 5.65. The minimum absolute atomic E-state index is 0.138. The highest BCUT2D eigenvalue weighted by Gasteiger charge is 2.21. The van der Waals surface area contributed by atoms with Gasteiger partial charge in [0, 0.05) is 18.8 Å². The largest absolute Gasteiger partial charge is 0.394 e. The lowest BCUT2D eigenvalue weighted by Gasteiger charge is -2.28. The molecule has 0 heterocycles. The molecule has 0 saturated heterocycles. The Balaban J connectivity index is 3.40. The maximum Gasteiger partial charge on any atom is 0.0610 e. The van der Waals surface area contributed by atoms with Crippen molar-refractivity contribution in [2.75, 3.05) is 26.4 Å². The van der Waals surface area contributed by atoms with Crippen LogP contribution in [0.3, 0.4) is 0 Å². The number of aliphatic hydroxyl groups excluding tert-OH is 1. The van der Waals surface area contributed by atoms with Crippen LogP contribution in [0.25, 0.3) is 0 Å². The van der Waals surface area contributed by atoms with E-state index in [1.165, 1.54) is 32.1 Å². The summed E-state index contributed by atoms with van der Waals surface area (Å²) in [7, 11) is 0. The van der Waals surface area contributed by atoms with E-state index in [1.807, 2.05) is 0 Å². The second kappa shape index (κ2) is 12.9. The van der Waals surface area contributed by atoms with E-state index < -0.39 is 0 Å². The monoisotopic (exact) mass is 273 g/mol. The number of aliphatic hydroxyl groups is 1. The molecule has 0 radical (unpaired) electrons. The normalized spacial score (nSPS) is 14.5. The van der Waals surface area contributed by atoms with E-state index >= 15 is 0 Å². The van der Waals surface area contributed by atoms with E-state index in [4.69, 9.17) is 4.74 Å². The molecule has 2 N–H and O–H groups in total. The predicted octanol–water partition coefficient (Wildman–Crippen LogP) is 3.50. The topological polar surface area (TPSA) is 41.5 Å². The summed E-state index contributed by atoms with van der Waals surface area (Å²) in [5, 5.41) is 12.8. The molecule has 0 aliphatic carbocycles. The summed E-state index contributed by atoms with van der Waals surface area (Å²) in [6, 6.07) is 0. The molecule has 3 heteroatoms. The molecule has 1 unspecified atom stereocenters. The van der Waals surface area contributed by atoms with Crippen molar-refractivity contribution in [2.24, 2.45) is 0 Å². The molecule has 0 rings (SSSR count). The van der Waals surface area contributed by atoms with Crippen molar-refractivity contribution in [3.63, 3.8) is 0 Å². The van der Waals surface area contributed by atoms with Gasteiger partial charge in [-0.05, 0) is 39.2 Å². The first-order chi connectivity index (χ1) is 9.18. The molecular formula is C16H35NO2. The smallest absolute Gasteiger partial charge is 0.0610 e. The van der Waals surface area contributed by atoms with Gasteiger partial charge in [0.1, 0.15) is 0 Å². The van der Waals surface area contributed by atoms with Crippen LogP contribution in [0.1, 0.15) is 72.1 Å². The van der Waals surface area contributed by atoms with Crippen molar-refractivity contribution in [1.29, 1.82) is 0 Å². The highest BCUT2D eigenvalue weighted by atomic mass is 16.5. The summed E-state index contributed by atoms with van der Waals surface area (Å²) in [5.74, 6) is 0. The van der Waals surface area contributed by atoms with E-state index in [2.05, 4.69) is 26.1 Å². The average molecular weight is 273 g/mol. The Kier molecular flexibility index (Phi) is 12.8. The van der Waals surface area contributed by atoms with Crippen molar-refractivity contribution in [3.8, 4) is 0 Å². The molecule has 0 aliphatic heterocycles. The standard InChI is InChI=1S/C16H35NO2/c1-4-6-7-8-9-13-19-14-10-11-16(3,15-18)17-12-5-2/h17-18H,4-15H2,1-3H3. The van der Waals surface area contributed by atoms with E-state index in [9.17, 15) is 5.11 Å². The highest BCUT2D eigenvalue weighted by Crippen LogP contribution is 2.12. The Labute approximate surface area is 120 Å². The molecule has 1 atom stereocenters. The van der Waals surface area contributed by atoms with E-state index in [0.717, 1.165) is 39.0 Å². The average Bonchev–Trinajstić information content (AvgIpc) is 2.43. The Morgan fingerprint density at radius 2 is 1.63 bits per heavy atom. The molecule has 0 saturated carbocycles. The van der Waals surface area contributed by atoms with Crippen LogP contribution in [0, 0.1) is 0 Å². The molecule has 0 fully saturated rings. The molecule has 0 aromatic rings. The van der Waals surface area contributed by atoms with Crippen molar-refractivity contribution in [1.82, 2.24) is 5.32 Å². The lowest BCUT2D eigenvalue weighted by molar-refractivity contribution is 0.107. The van der Waals surface area contributed by atoms with E-state index in [0.29, 0.717) is 0 Å². The van der Waals surface area contributed by atoms with Gasteiger partial charge < -0.3 is 15.2 Å². The number of nitrogens with one attached hydrogen (secondary N) is 1. The van der Waals surface area contributed by atoms with Crippen LogP contribution in [0.15, 0.2) is 0 Å². The molecule has 0 aromatic heterocycles. The van der Waals surface area contributed by atoms with Gasteiger partial charge in [0.25, 0.3) is 0 Å². The minimum Gasteiger partial charge on any atom is -0.394 e. The second-order valence-electron chi connectivity index (χ2n) is 5.78. The molecule has 0 aliphatic rings. The zero-order valence-electron chi connectivity index (χ0n) is 13.3. The fraction of sp³-hybridized carbons (Fsp3) is 1.00. The van der Waals surface area contributed by atoms with Crippen LogP contribution in [0.2, 0.25) is 0 Å². The van der Waals surface area contributed by atoms with Crippen LogP contribution >= 0.6 is 0 Å². The van der Waals surface area contributed by atoms with Gasteiger partial charge in [-0.2, -0.15) is 0 Å². The van der Waals surface area contributed by atoms with Gasteiger partial charge in [0.05, 0.1) is 6.61 Å². The Bertz CT molecular complexity index is 188. The maximum atomic E-state index is 9.43. The van der Waals surface area contributed by atoms with Crippen molar-refractivity contribution < 1.29 is 9.84 Å². The van der Waals surface area contributed by atoms with Gasteiger partial charge in [-0.15, -0.1) is 0 Å². The number of ether oxygens (including phenoxy) is 1. The number of hydrogen-bond donors (Lipinski definition) is 2. The molecular weight excluding hydrogens is 238 g/mol. The number of unbranched alkanes of at least 4 members (excludes halogenated alkanes) is 4. The van der Waals surface area contributed by atoms with Gasteiger partial charge >= 0.3 is 0 Å². The predicted molar refractivity (Wildman–Crippen MR) is 82.6 cm³/mol. The van der Waals surface area contributed by atoms with Gasteiger partial charge in [0.15, 0.2) is 0 Å². The first-order valence-electron chi connectivity index (χ1n) is 8.12. The Hall–Kier alpha value is -0.120. The summed E-state index contributed by atoms with van der Waals surface area (Å²) in [4.78, 5) is 0. The van der Waals surface area contributed by atoms with Crippen molar-refractivity contribution in [3.05, 3.63) is 0 Å². The minimum atomic E-state index is -0.138. The number of rotatable bonds is 14. The van der Waals surface area contributed by atoms with Crippen molar-refractivity contribution in [2.45, 2.75) is 77.7 Å². The second-order valence-corrected chi connectivity index (χ2v) is 5.78. The van der Waals surface area contributed by atoms with Crippen LogP contribution < -0.4 is 5.32 Å². The fourth-order valence-corrected chi connectivity index (χ4v) is 2.12. The third-order valence-corrected chi connectivity index (χ3v) is 3.56. The van der Waals surface area contributed by atoms with Gasteiger partial charge in [-0.1, -0.05) is 39.5 Å². The van der Waals surface area contributed by atoms with Crippen LogP contribution in [-0.2, 0) is 4.74 Å². The van der Waals surface area contributed by atoms with Crippen LogP contribution in [0.5, 0.6) is 0 Å². The third-order valence-electron chi connectivity index (χ3n) is 3.56. The van der Waals surface area contributed by atoms with E-state index in [1.54, 1.807) is 0 Å². The van der Waals surface area contributed by atoms with Gasteiger partial charge in [-0.25, -0.2) is 0 Å².